The second kappa shape index (κ2) is 7.99. The molecule has 1 aliphatic carbocycles. The molecule has 0 bridgehead atoms. The van der Waals surface area contributed by atoms with Crippen LogP contribution in [0.1, 0.15) is 30.7 Å². The van der Waals surface area contributed by atoms with E-state index >= 15 is 0 Å². The summed E-state index contributed by atoms with van der Waals surface area (Å²) in [5.41, 5.74) is 1.59. The van der Waals surface area contributed by atoms with Gasteiger partial charge in [-0.15, -0.1) is 0 Å². The van der Waals surface area contributed by atoms with Crippen molar-refractivity contribution in [3.05, 3.63) is 59.1 Å². The Labute approximate surface area is 174 Å². The molecule has 2 heterocycles. The number of nitriles is 1. The molecule has 0 fully saturated rings. The molecule has 2 aromatic rings. The lowest BCUT2D eigenvalue weighted by Gasteiger charge is -2.32. The highest BCUT2D eigenvalue weighted by Crippen LogP contribution is 2.49. The number of ether oxygens (including phenoxy) is 4. The van der Waals surface area contributed by atoms with E-state index in [1.54, 1.807) is 16.7 Å². The van der Waals surface area contributed by atoms with Gasteiger partial charge in [0.25, 0.3) is 0 Å². The van der Waals surface area contributed by atoms with Crippen molar-refractivity contribution in [3.63, 3.8) is 0 Å². The van der Waals surface area contributed by atoms with Crippen LogP contribution in [-0.2, 0) is 9.53 Å². The molecule has 1 aliphatic heterocycles. The maximum atomic E-state index is 12.9. The van der Waals surface area contributed by atoms with Crippen LogP contribution in [0.2, 0.25) is 0 Å². The molecule has 7 heteroatoms. The Morgan fingerprint density at radius 1 is 1.07 bits per heavy atom. The van der Waals surface area contributed by atoms with Crippen molar-refractivity contribution < 1.29 is 23.7 Å². The Kier molecular flexibility index (Phi) is 5.23. The van der Waals surface area contributed by atoms with E-state index < -0.39 is 5.92 Å². The van der Waals surface area contributed by atoms with Gasteiger partial charge in [0.15, 0.2) is 17.3 Å². The molecule has 0 spiro atoms. The summed E-state index contributed by atoms with van der Waals surface area (Å²) in [7, 11) is 4.60. The number of carbonyl (C=O) groups excluding carboxylic acids is 1. The number of hydrogen-bond donors (Lipinski definition) is 0. The molecule has 1 atom stereocenters. The van der Waals surface area contributed by atoms with Gasteiger partial charge in [0.1, 0.15) is 17.4 Å². The monoisotopic (exact) mass is 406 g/mol. The van der Waals surface area contributed by atoms with Crippen LogP contribution in [0.4, 0.5) is 0 Å². The normalized spacial score (nSPS) is 18.5. The molecule has 0 radical (unpaired) electrons. The number of nitrogens with zero attached hydrogens (tertiary/aromatic N) is 2. The minimum Gasteiger partial charge on any atom is -0.493 e. The number of rotatable bonds is 5. The molecule has 1 aromatic heterocycles. The average Bonchev–Trinajstić information content (AvgIpc) is 3.31. The second-order valence-corrected chi connectivity index (χ2v) is 7.03. The number of hydrogen-bond acceptors (Lipinski definition) is 6. The highest BCUT2D eigenvalue weighted by Gasteiger charge is 2.39. The molecule has 2 aliphatic rings. The maximum absolute atomic E-state index is 12.9. The molecule has 154 valence electrons. The van der Waals surface area contributed by atoms with Gasteiger partial charge in [0, 0.05) is 30.8 Å². The molecule has 30 heavy (non-hydrogen) atoms. The van der Waals surface area contributed by atoms with Gasteiger partial charge >= 0.3 is 0 Å². The van der Waals surface area contributed by atoms with Crippen molar-refractivity contribution in [2.24, 2.45) is 0 Å². The van der Waals surface area contributed by atoms with E-state index in [0.717, 1.165) is 6.42 Å². The quantitative estimate of drug-likeness (QED) is 0.746. The van der Waals surface area contributed by atoms with Crippen LogP contribution in [0.5, 0.6) is 17.2 Å². The first-order valence-electron chi connectivity index (χ1n) is 9.64. The SMILES string of the molecule is COc1cc(C2C(C#N)=C(n3cccc3)OC3=C2C(=O)CCC3)cc(OC)c1OC. The van der Waals surface area contributed by atoms with Crippen LogP contribution in [0.15, 0.2) is 53.6 Å². The van der Waals surface area contributed by atoms with Crippen molar-refractivity contribution in [1.29, 1.82) is 5.26 Å². The smallest absolute Gasteiger partial charge is 0.218 e. The Balaban J connectivity index is 1.98. The number of Topliss-reactive ketones (excluding diaryl/α,β-unsaturated/α-hetero) is 1. The van der Waals surface area contributed by atoms with E-state index in [9.17, 15) is 10.1 Å². The minimum atomic E-state index is -0.586. The number of ketones is 1. The highest BCUT2D eigenvalue weighted by atomic mass is 16.5. The summed E-state index contributed by atoms with van der Waals surface area (Å²) in [6.07, 6.45) is 5.43. The van der Waals surface area contributed by atoms with Gasteiger partial charge in [-0.2, -0.15) is 5.26 Å². The van der Waals surface area contributed by atoms with Gasteiger partial charge < -0.3 is 18.9 Å². The zero-order valence-electron chi connectivity index (χ0n) is 17.1. The van der Waals surface area contributed by atoms with Crippen LogP contribution in [-0.4, -0.2) is 31.7 Å². The Bertz CT molecular complexity index is 1060. The summed E-state index contributed by atoms with van der Waals surface area (Å²) in [5.74, 6) is 1.81. The predicted octanol–water partition coefficient (Wildman–Crippen LogP) is 4.03. The van der Waals surface area contributed by atoms with Crippen molar-refractivity contribution in [1.82, 2.24) is 4.57 Å². The summed E-state index contributed by atoms with van der Waals surface area (Å²) < 4.78 is 24.3. The molecular weight excluding hydrogens is 384 g/mol. The summed E-state index contributed by atoms with van der Waals surface area (Å²) in [4.78, 5) is 12.9. The fourth-order valence-electron chi connectivity index (χ4n) is 4.08. The number of allylic oxidation sites excluding steroid dienone is 3. The third kappa shape index (κ3) is 3.11. The lowest BCUT2D eigenvalue weighted by atomic mass is 9.77. The van der Waals surface area contributed by atoms with Crippen LogP contribution in [0, 0.1) is 11.3 Å². The van der Waals surface area contributed by atoms with E-state index in [2.05, 4.69) is 6.07 Å². The standard InChI is InChI=1S/C23H22N2O5/c1-27-18-11-14(12-19(28-2)22(18)29-3)20-15(13-24)23(25-9-4-5-10-25)30-17-8-6-7-16(26)21(17)20/h4-5,9-12,20H,6-8H2,1-3H3. The topological polar surface area (TPSA) is 82.7 Å². The lowest BCUT2D eigenvalue weighted by molar-refractivity contribution is -0.116. The van der Waals surface area contributed by atoms with Crippen LogP contribution < -0.4 is 14.2 Å². The van der Waals surface area contributed by atoms with E-state index in [1.807, 2.05) is 24.5 Å². The Hall–Kier alpha value is -3.66. The number of aromatic nitrogens is 1. The molecule has 1 unspecified atom stereocenters. The second-order valence-electron chi connectivity index (χ2n) is 7.03. The summed E-state index contributed by atoms with van der Waals surface area (Å²) in [5, 5.41) is 10.1. The molecule has 7 nitrogen and oxygen atoms in total. The minimum absolute atomic E-state index is 0.00527. The summed E-state index contributed by atoms with van der Waals surface area (Å²) in [6.45, 7) is 0. The summed E-state index contributed by atoms with van der Waals surface area (Å²) >= 11 is 0. The lowest BCUT2D eigenvalue weighted by Crippen LogP contribution is -2.26. The fourth-order valence-corrected chi connectivity index (χ4v) is 4.08. The van der Waals surface area contributed by atoms with Gasteiger partial charge in [0.05, 0.1) is 27.2 Å². The highest BCUT2D eigenvalue weighted by molar-refractivity contribution is 6.00. The van der Waals surface area contributed by atoms with Crippen LogP contribution >= 0.6 is 0 Å². The fraction of sp³-hybridized carbons (Fsp3) is 0.304. The van der Waals surface area contributed by atoms with Gasteiger partial charge in [-0.05, 0) is 36.2 Å². The number of methoxy groups -OCH3 is 3. The van der Waals surface area contributed by atoms with E-state index in [-0.39, 0.29) is 5.78 Å². The van der Waals surface area contributed by atoms with E-state index in [0.29, 0.717) is 58.4 Å². The maximum Gasteiger partial charge on any atom is 0.218 e. The third-order valence-corrected chi connectivity index (χ3v) is 5.42. The molecule has 0 N–H and O–H groups in total. The van der Waals surface area contributed by atoms with Gasteiger partial charge in [-0.25, -0.2) is 0 Å². The number of carbonyl (C=O) groups is 1. The first-order valence-corrected chi connectivity index (χ1v) is 9.64. The zero-order chi connectivity index (χ0) is 21.3. The molecule has 4 rings (SSSR count). The predicted molar refractivity (Wildman–Crippen MR) is 109 cm³/mol. The van der Waals surface area contributed by atoms with Crippen LogP contribution in [0.3, 0.4) is 0 Å². The number of benzene rings is 1. The van der Waals surface area contributed by atoms with E-state index in [4.69, 9.17) is 18.9 Å². The third-order valence-electron chi connectivity index (χ3n) is 5.42. The van der Waals surface area contributed by atoms with E-state index in [1.165, 1.54) is 21.3 Å². The van der Waals surface area contributed by atoms with Crippen molar-refractivity contribution in [3.8, 4) is 23.3 Å². The molecule has 0 saturated heterocycles. The van der Waals surface area contributed by atoms with Crippen molar-refractivity contribution in [2.75, 3.05) is 21.3 Å². The van der Waals surface area contributed by atoms with Gasteiger partial charge in [0.2, 0.25) is 11.6 Å². The molecule has 1 aromatic carbocycles. The molecule has 0 saturated carbocycles. The largest absolute Gasteiger partial charge is 0.493 e. The Morgan fingerprint density at radius 3 is 2.30 bits per heavy atom. The zero-order valence-corrected chi connectivity index (χ0v) is 17.1. The first-order chi connectivity index (χ1) is 14.6. The Morgan fingerprint density at radius 2 is 1.73 bits per heavy atom. The van der Waals surface area contributed by atoms with Gasteiger partial charge in [-0.3, -0.25) is 9.36 Å². The average molecular weight is 406 g/mol. The summed E-state index contributed by atoms with van der Waals surface area (Å²) in [6, 6.07) is 9.57. The first kappa shape index (κ1) is 19.6. The van der Waals surface area contributed by atoms with Gasteiger partial charge in [-0.1, -0.05) is 0 Å². The molecular formula is C23H22N2O5. The van der Waals surface area contributed by atoms with Crippen LogP contribution in [0.25, 0.3) is 5.88 Å². The molecule has 0 amide bonds. The van der Waals surface area contributed by atoms with Crippen molar-refractivity contribution >= 4 is 11.7 Å². The van der Waals surface area contributed by atoms with Crippen molar-refractivity contribution in [2.45, 2.75) is 25.2 Å².